The smallest absolute Gasteiger partial charge is 0 e. The van der Waals surface area contributed by atoms with Gasteiger partial charge in [0.05, 0.1) is 0 Å². The van der Waals surface area contributed by atoms with Gasteiger partial charge in [0.2, 0.25) is 0 Å². The van der Waals surface area contributed by atoms with Crippen molar-refractivity contribution in [1.29, 1.82) is 0 Å². The fourth-order valence-electron chi connectivity index (χ4n) is 3.83. The maximum atomic E-state index is 12.3. The van der Waals surface area contributed by atoms with Gasteiger partial charge in [0.1, 0.15) is 0 Å². The van der Waals surface area contributed by atoms with Crippen LogP contribution in [-0.4, -0.2) is 11.3 Å². The fourth-order valence-corrected chi connectivity index (χ4v) is 6.17. The fraction of sp³-hybridized carbons (Fsp3) is 0.800. The maximum absolute atomic E-state index is 12.3. The number of hydrogen-bond donors (Lipinski definition) is 0. The average Bonchev–Trinajstić information content (AvgIpc) is 2.56. The van der Waals surface area contributed by atoms with Crippen LogP contribution in [0.4, 0.5) is 0 Å². The van der Waals surface area contributed by atoms with E-state index in [1.165, 1.54) is 89.9 Å². The molecule has 2 saturated carbocycles. The second kappa shape index (κ2) is 13.8. The van der Waals surface area contributed by atoms with Crippen LogP contribution in [0.2, 0.25) is 0 Å². The van der Waals surface area contributed by atoms with Crippen LogP contribution in [-0.2, 0) is 20.1 Å². The van der Waals surface area contributed by atoms with E-state index in [-0.39, 0.29) is 20.1 Å². The zero-order valence-corrected chi connectivity index (χ0v) is 17.8. The van der Waals surface area contributed by atoms with E-state index in [2.05, 4.69) is 24.3 Å². The van der Waals surface area contributed by atoms with Crippen LogP contribution in [0.5, 0.6) is 0 Å². The topological polar surface area (TPSA) is 23.1 Å². The van der Waals surface area contributed by atoms with Gasteiger partial charge in [-0.2, -0.15) is 8.15 Å². The first-order valence-corrected chi connectivity index (χ1v) is 11.0. The SMILES string of the molecule is C1=CCCC=CCC1.[Ir].[O-]P(C1CCCCC1)C1CCCCC1. The molecule has 0 amide bonds. The van der Waals surface area contributed by atoms with E-state index in [9.17, 15) is 4.89 Å². The Hall–Kier alpha value is 0.519. The van der Waals surface area contributed by atoms with Crippen molar-refractivity contribution in [2.45, 2.75) is 101 Å². The van der Waals surface area contributed by atoms with Crippen molar-refractivity contribution in [3.63, 3.8) is 0 Å². The van der Waals surface area contributed by atoms with E-state index in [1.54, 1.807) is 0 Å². The molecule has 0 saturated heterocycles. The third-order valence-electron chi connectivity index (χ3n) is 5.20. The van der Waals surface area contributed by atoms with Gasteiger partial charge in [0, 0.05) is 20.1 Å². The summed E-state index contributed by atoms with van der Waals surface area (Å²) in [5, 5.41) is 0. The Balaban J connectivity index is 0.000000253. The second-order valence-corrected chi connectivity index (χ2v) is 9.22. The summed E-state index contributed by atoms with van der Waals surface area (Å²) in [6.07, 6.45) is 27.1. The van der Waals surface area contributed by atoms with Crippen LogP contribution in [0.1, 0.15) is 89.9 Å². The molecule has 3 rings (SSSR count). The summed E-state index contributed by atoms with van der Waals surface area (Å²) in [4.78, 5) is 12.3. The molecule has 0 spiro atoms. The monoisotopic (exact) mass is 514 g/mol. The summed E-state index contributed by atoms with van der Waals surface area (Å²) >= 11 is 0. The minimum absolute atomic E-state index is 0. The van der Waals surface area contributed by atoms with Crippen LogP contribution >= 0.6 is 8.15 Å². The van der Waals surface area contributed by atoms with Gasteiger partial charge in [-0.3, -0.25) is 0 Å². The van der Waals surface area contributed by atoms with Crippen LogP contribution < -0.4 is 4.89 Å². The molecular formula is C20H34IrOP-. The van der Waals surface area contributed by atoms with E-state index >= 15 is 0 Å². The van der Waals surface area contributed by atoms with Gasteiger partial charge < -0.3 is 4.89 Å². The molecule has 1 nitrogen and oxygen atoms in total. The van der Waals surface area contributed by atoms with Crippen LogP contribution in [0.3, 0.4) is 0 Å². The van der Waals surface area contributed by atoms with E-state index in [4.69, 9.17) is 0 Å². The van der Waals surface area contributed by atoms with Crippen molar-refractivity contribution < 1.29 is 25.0 Å². The zero-order chi connectivity index (χ0) is 15.5. The molecule has 0 heterocycles. The number of allylic oxidation sites excluding steroid dienone is 4. The largest absolute Gasteiger partial charge is 0.829 e. The van der Waals surface area contributed by atoms with Gasteiger partial charge in [-0.25, -0.2) is 0 Å². The van der Waals surface area contributed by atoms with E-state index in [0.29, 0.717) is 11.3 Å². The van der Waals surface area contributed by atoms with Gasteiger partial charge in [-0.15, -0.1) is 0 Å². The summed E-state index contributed by atoms with van der Waals surface area (Å²) in [7, 11) is -0.867. The molecule has 0 aromatic rings. The molecule has 0 aromatic carbocycles. The van der Waals surface area contributed by atoms with Gasteiger partial charge in [0.15, 0.2) is 0 Å². The van der Waals surface area contributed by atoms with E-state index in [0.717, 1.165) is 0 Å². The van der Waals surface area contributed by atoms with Crippen LogP contribution in [0.15, 0.2) is 24.3 Å². The Kier molecular flexibility index (Phi) is 12.9. The van der Waals surface area contributed by atoms with Crippen LogP contribution in [0.25, 0.3) is 0 Å². The summed E-state index contributed by atoms with van der Waals surface area (Å²) < 4.78 is 0. The van der Waals surface area contributed by atoms with E-state index < -0.39 is 8.15 Å². The molecule has 0 N–H and O–H groups in total. The molecule has 1 radical (unpaired) electrons. The normalized spacial score (nSPS) is 23.4. The summed E-state index contributed by atoms with van der Waals surface area (Å²) in [5.74, 6) is 0. The van der Waals surface area contributed by atoms with Gasteiger partial charge >= 0.3 is 0 Å². The Bertz CT molecular complexity index is 287. The van der Waals surface area contributed by atoms with Crippen LogP contribution in [0, 0.1) is 0 Å². The molecule has 0 atom stereocenters. The third-order valence-corrected chi connectivity index (χ3v) is 7.67. The molecule has 23 heavy (non-hydrogen) atoms. The van der Waals surface area contributed by atoms with Gasteiger partial charge in [0.25, 0.3) is 0 Å². The van der Waals surface area contributed by atoms with Crippen molar-refractivity contribution in [3.8, 4) is 0 Å². The Morgan fingerprint density at radius 2 is 0.870 bits per heavy atom. The standard InChI is InChI=1S/C12H22OP.C8H12.Ir/c13-14(11-7-3-1-4-8-11)12-9-5-2-6-10-12;1-2-4-6-8-7-5-3-1;/h11-12H,1-10H2;1-2,7-8H,3-6H2;/q-1;;. The minimum Gasteiger partial charge on any atom is -0.829 e. The Morgan fingerprint density at radius 1 is 0.565 bits per heavy atom. The first-order chi connectivity index (χ1) is 10.9. The Labute approximate surface area is 158 Å². The van der Waals surface area contributed by atoms with Gasteiger partial charge in [-0.1, -0.05) is 62.8 Å². The predicted molar refractivity (Wildman–Crippen MR) is 97.4 cm³/mol. The third kappa shape index (κ3) is 8.97. The maximum Gasteiger partial charge on any atom is 0 e. The first-order valence-electron chi connectivity index (χ1n) is 9.63. The zero-order valence-electron chi connectivity index (χ0n) is 14.6. The first kappa shape index (κ1) is 21.6. The summed E-state index contributed by atoms with van der Waals surface area (Å²) in [5.41, 5.74) is 1.20. The van der Waals surface area contributed by atoms with E-state index in [1.807, 2.05) is 0 Å². The minimum atomic E-state index is -0.867. The average molecular weight is 514 g/mol. The molecule has 0 unspecified atom stereocenters. The predicted octanol–water partition coefficient (Wildman–Crippen LogP) is 6.08. The molecule has 2 fully saturated rings. The summed E-state index contributed by atoms with van der Waals surface area (Å²) in [6.45, 7) is 0. The molecule has 0 aromatic heterocycles. The second-order valence-electron chi connectivity index (χ2n) is 7.04. The number of rotatable bonds is 2. The molecule has 3 aliphatic rings. The van der Waals surface area contributed by atoms with Crippen molar-refractivity contribution in [3.05, 3.63) is 24.3 Å². The van der Waals surface area contributed by atoms with Crippen molar-refractivity contribution in [2.75, 3.05) is 0 Å². The van der Waals surface area contributed by atoms with Crippen molar-refractivity contribution >= 4 is 8.15 Å². The summed E-state index contributed by atoms with van der Waals surface area (Å²) in [6, 6.07) is 0. The Morgan fingerprint density at radius 3 is 1.17 bits per heavy atom. The van der Waals surface area contributed by atoms with Crippen molar-refractivity contribution in [2.24, 2.45) is 0 Å². The number of hydrogen-bond acceptors (Lipinski definition) is 1. The molecule has 0 bridgehead atoms. The quantitative estimate of drug-likeness (QED) is 0.324. The van der Waals surface area contributed by atoms with Gasteiger partial charge in [-0.05, 0) is 62.7 Å². The molecule has 3 heteroatoms. The molecule has 3 aliphatic carbocycles. The molecule has 135 valence electrons. The molecule has 0 aliphatic heterocycles. The molecular weight excluding hydrogens is 479 g/mol. The van der Waals surface area contributed by atoms with Crippen molar-refractivity contribution in [1.82, 2.24) is 0 Å².